The second-order valence-electron chi connectivity index (χ2n) is 8.68. The minimum Gasteiger partial charge on any atom is -0.507 e. The molecule has 0 aromatic heterocycles. The fourth-order valence-corrected chi connectivity index (χ4v) is 4.46. The van der Waals surface area contributed by atoms with E-state index in [0.29, 0.717) is 22.6 Å². The van der Waals surface area contributed by atoms with Gasteiger partial charge in [0.15, 0.2) is 5.78 Å². The number of nitrogens with two attached hydrogens (primary N) is 1. The number of carbonyl (C=O) groups is 2. The zero-order valence-electron chi connectivity index (χ0n) is 19.8. The Bertz CT molecular complexity index is 1200. The first-order valence-corrected chi connectivity index (χ1v) is 11.7. The molecule has 0 aliphatic carbocycles. The summed E-state index contributed by atoms with van der Waals surface area (Å²) in [5, 5.41) is 13.5. The summed E-state index contributed by atoms with van der Waals surface area (Å²) >= 11 is 0. The maximum atomic E-state index is 12.9. The Balaban J connectivity index is 1.52. The summed E-state index contributed by atoms with van der Waals surface area (Å²) in [4.78, 5) is 25.0. The molecule has 1 amide bonds. The molecule has 7 nitrogen and oxygen atoms in total. The van der Waals surface area contributed by atoms with Crippen molar-refractivity contribution in [2.75, 3.05) is 20.2 Å². The lowest BCUT2D eigenvalue weighted by Crippen LogP contribution is -2.23. The molecule has 1 aliphatic heterocycles. The topological polar surface area (TPSA) is 111 Å². The fourth-order valence-electron chi connectivity index (χ4n) is 4.46. The van der Waals surface area contributed by atoms with Crippen LogP contribution in [0.4, 0.5) is 0 Å². The van der Waals surface area contributed by atoms with E-state index in [2.05, 4.69) is 5.32 Å². The van der Waals surface area contributed by atoms with Gasteiger partial charge >= 0.3 is 0 Å². The van der Waals surface area contributed by atoms with E-state index in [0.717, 1.165) is 43.5 Å². The van der Waals surface area contributed by atoms with Crippen molar-refractivity contribution >= 4 is 11.7 Å². The molecule has 1 fully saturated rings. The van der Waals surface area contributed by atoms with E-state index in [4.69, 9.17) is 15.2 Å². The van der Waals surface area contributed by atoms with E-state index in [9.17, 15) is 14.7 Å². The molecule has 1 saturated heterocycles. The van der Waals surface area contributed by atoms with Gasteiger partial charge < -0.3 is 25.6 Å². The molecular formula is C28H30N2O5. The largest absolute Gasteiger partial charge is 0.507 e. The number of nitrogens with one attached hydrogen (secondary N) is 1. The smallest absolute Gasteiger partial charge is 0.249 e. The molecular weight excluding hydrogens is 444 g/mol. The Morgan fingerprint density at radius 1 is 1.06 bits per heavy atom. The van der Waals surface area contributed by atoms with Gasteiger partial charge in [-0.3, -0.25) is 9.59 Å². The number of methoxy groups -OCH3 is 1. The highest BCUT2D eigenvalue weighted by molar-refractivity contribution is 6.10. The predicted octanol–water partition coefficient (Wildman–Crippen LogP) is 4.17. The predicted molar refractivity (Wildman–Crippen MR) is 133 cm³/mol. The molecule has 0 bridgehead atoms. The number of benzene rings is 3. The quantitative estimate of drug-likeness (QED) is 0.423. The molecule has 0 saturated carbocycles. The third-order valence-electron chi connectivity index (χ3n) is 6.35. The van der Waals surface area contributed by atoms with Gasteiger partial charge in [0.25, 0.3) is 0 Å². The van der Waals surface area contributed by atoms with Crippen molar-refractivity contribution in [2.45, 2.75) is 31.8 Å². The zero-order chi connectivity index (χ0) is 24.8. The highest BCUT2D eigenvalue weighted by Gasteiger charge is 2.24. The van der Waals surface area contributed by atoms with Crippen molar-refractivity contribution in [3.63, 3.8) is 0 Å². The summed E-state index contributed by atoms with van der Waals surface area (Å²) in [6.45, 7) is 2.01. The molecule has 3 aromatic rings. The Hall–Kier alpha value is -3.84. The van der Waals surface area contributed by atoms with Crippen LogP contribution in [0.1, 0.15) is 62.6 Å². The lowest BCUT2D eigenvalue weighted by Gasteiger charge is -2.21. The number of ketones is 1. The number of hydrogen-bond donors (Lipinski definition) is 3. The van der Waals surface area contributed by atoms with E-state index in [-0.39, 0.29) is 29.6 Å². The summed E-state index contributed by atoms with van der Waals surface area (Å²) in [6.07, 6.45) is 3.13. The average molecular weight is 475 g/mol. The number of aromatic hydroxyl groups is 1. The molecule has 7 heteroatoms. The number of primary amides is 1. The van der Waals surface area contributed by atoms with Crippen molar-refractivity contribution in [3.8, 4) is 17.2 Å². The van der Waals surface area contributed by atoms with Crippen LogP contribution in [0.2, 0.25) is 0 Å². The highest BCUT2D eigenvalue weighted by atomic mass is 16.5. The van der Waals surface area contributed by atoms with Crippen LogP contribution in [0, 0.1) is 0 Å². The van der Waals surface area contributed by atoms with Gasteiger partial charge in [0.2, 0.25) is 5.91 Å². The van der Waals surface area contributed by atoms with Gasteiger partial charge in [0.1, 0.15) is 23.9 Å². The number of carbonyl (C=O) groups excluding carboxylic acids is 2. The zero-order valence-corrected chi connectivity index (χ0v) is 19.8. The first kappa shape index (κ1) is 24.3. The third kappa shape index (κ3) is 5.63. The van der Waals surface area contributed by atoms with Gasteiger partial charge in [-0.25, -0.2) is 0 Å². The first-order chi connectivity index (χ1) is 17.0. The van der Waals surface area contributed by atoms with E-state index < -0.39 is 5.91 Å². The Labute approximate surface area is 204 Å². The number of rotatable bonds is 8. The molecule has 1 unspecified atom stereocenters. The molecule has 3 aromatic carbocycles. The Morgan fingerprint density at radius 2 is 1.86 bits per heavy atom. The van der Waals surface area contributed by atoms with Crippen LogP contribution in [-0.4, -0.2) is 37.0 Å². The maximum Gasteiger partial charge on any atom is 0.249 e. The van der Waals surface area contributed by atoms with Gasteiger partial charge in [-0.2, -0.15) is 0 Å². The number of phenolic OH excluding ortho intramolecular Hbond substituents is 1. The molecule has 4 rings (SSSR count). The van der Waals surface area contributed by atoms with Crippen LogP contribution in [0.3, 0.4) is 0 Å². The molecule has 1 heterocycles. The lowest BCUT2D eigenvalue weighted by molar-refractivity contribution is 0.0996. The molecule has 182 valence electrons. The van der Waals surface area contributed by atoms with E-state index >= 15 is 0 Å². The fraction of sp³-hybridized carbons (Fsp3) is 0.286. The number of ether oxygens (including phenoxy) is 2. The standard InChI is InChI=1S/C28H30N2O5/c1-34-21-12-13-24(31)23(15-21)27(32)19-10-8-18(9-11-19)17-35-25-7-4-6-22(28(29)33)26(25)20-5-2-3-14-30-16-20/h4,6-13,15,20,30-31H,2-3,5,14,16-17H2,1H3,(H2,29,33). The van der Waals surface area contributed by atoms with Crippen LogP contribution in [0.25, 0.3) is 0 Å². The summed E-state index contributed by atoms with van der Waals surface area (Å²) < 4.78 is 11.3. The van der Waals surface area contributed by atoms with Crippen LogP contribution >= 0.6 is 0 Å². The molecule has 35 heavy (non-hydrogen) atoms. The van der Waals surface area contributed by atoms with Gasteiger partial charge in [0, 0.05) is 29.2 Å². The minimum atomic E-state index is -0.460. The number of amides is 1. The van der Waals surface area contributed by atoms with E-state index in [1.54, 1.807) is 30.3 Å². The molecule has 1 atom stereocenters. The van der Waals surface area contributed by atoms with Crippen LogP contribution in [-0.2, 0) is 6.61 Å². The summed E-state index contributed by atoms with van der Waals surface area (Å²) in [7, 11) is 1.51. The van der Waals surface area contributed by atoms with Gasteiger partial charge in [-0.15, -0.1) is 0 Å². The number of hydrogen-bond acceptors (Lipinski definition) is 6. The normalized spacial score (nSPS) is 15.7. The van der Waals surface area contributed by atoms with Crippen molar-refractivity contribution in [2.24, 2.45) is 5.73 Å². The van der Waals surface area contributed by atoms with Crippen molar-refractivity contribution in [3.05, 3.63) is 88.5 Å². The van der Waals surface area contributed by atoms with Gasteiger partial charge in [-0.05, 0) is 55.3 Å². The summed E-state index contributed by atoms with van der Waals surface area (Å²) in [6, 6.07) is 17.0. The highest BCUT2D eigenvalue weighted by Crippen LogP contribution is 2.34. The van der Waals surface area contributed by atoms with E-state index in [1.807, 2.05) is 18.2 Å². The molecule has 1 aliphatic rings. The van der Waals surface area contributed by atoms with Gasteiger partial charge in [-0.1, -0.05) is 36.8 Å². The third-order valence-corrected chi connectivity index (χ3v) is 6.35. The molecule has 0 spiro atoms. The average Bonchev–Trinajstić information content (AvgIpc) is 3.17. The SMILES string of the molecule is COc1ccc(O)c(C(=O)c2ccc(COc3cccc(C(N)=O)c3C3CCCCNC3)cc2)c1. The Kier molecular flexibility index (Phi) is 7.67. The van der Waals surface area contributed by atoms with Crippen molar-refractivity contribution < 1.29 is 24.2 Å². The minimum absolute atomic E-state index is 0.0990. The lowest BCUT2D eigenvalue weighted by atomic mass is 9.89. The van der Waals surface area contributed by atoms with E-state index in [1.165, 1.54) is 19.2 Å². The van der Waals surface area contributed by atoms with Crippen LogP contribution in [0.15, 0.2) is 60.7 Å². The first-order valence-electron chi connectivity index (χ1n) is 11.7. The van der Waals surface area contributed by atoms with Crippen LogP contribution < -0.4 is 20.5 Å². The van der Waals surface area contributed by atoms with Crippen molar-refractivity contribution in [1.82, 2.24) is 5.32 Å². The van der Waals surface area contributed by atoms with Gasteiger partial charge in [0.05, 0.1) is 12.7 Å². The monoisotopic (exact) mass is 474 g/mol. The summed E-state index contributed by atoms with van der Waals surface area (Å²) in [5.41, 5.74) is 8.53. The second-order valence-corrected chi connectivity index (χ2v) is 8.68. The molecule has 0 radical (unpaired) electrons. The second kappa shape index (κ2) is 11.1. The van der Waals surface area contributed by atoms with Crippen LogP contribution in [0.5, 0.6) is 17.2 Å². The Morgan fingerprint density at radius 3 is 2.60 bits per heavy atom. The summed E-state index contributed by atoms with van der Waals surface area (Å²) in [5.74, 6) is 0.430. The maximum absolute atomic E-state index is 12.9. The molecule has 4 N–H and O–H groups in total. The van der Waals surface area contributed by atoms with Crippen molar-refractivity contribution in [1.29, 1.82) is 0 Å². The number of phenols is 1.